The number of aliphatic hydroxyl groups is 2. The van der Waals surface area contributed by atoms with Crippen molar-refractivity contribution in [2.24, 2.45) is 28.6 Å². The maximum absolute atomic E-state index is 11.4. The van der Waals surface area contributed by atoms with Crippen LogP contribution in [0.5, 0.6) is 0 Å². The third-order valence-corrected chi connectivity index (χ3v) is 8.97. The van der Waals surface area contributed by atoms with Crippen molar-refractivity contribution in [1.29, 1.82) is 0 Å². The quantitative estimate of drug-likeness (QED) is 0.677. The number of epoxide rings is 1. The lowest BCUT2D eigenvalue weighted by atomic mass is 9.44. The lowest BCUT2D eigenvalue weighted by Gasteiger charge is -2.62. The summed E-state index contributed by atoms with van der Waals surface area (Å²) in [6.07, 6.45) is 9.12. The number of ether oxygens (including phenoxy) is 1. The number of fused-ring (bicyclic) bond motifs is 8. The van der Waals surface area contributed by atoms with Crippen molar-refractivity contribution in [3.8, 4) is 0 Å². The van der Waals surface area contributed by atoms with Gasteiger partial charge >= 0.3 is 0 Å². The molecule has 9 atom stereocenters. The summed E-state index contributed by atoms with van der Waals surface area (Å²) in [5.74, 6) is 1.76. The first-order chi connectivity index (χ1) is 10.4. The molecule has 4 aliphatic carbocycles. The highest BCUT2D eigenvalue weighted by Gasteiger charge is 2.75. The fourth-order valence-electron chi connectivity index (χ4n) is 7.61. The molecule has 0 spiro atoms. The summed E-state index contributed by atoms with van der Waals surface area (Å²) in [5.41, 5.74) is -0.456. The fraction of sp³-hybridized carbons (Fsp3) is 1.00. The number of aliphatic hydroxyl groups excluding tert-OH is 1. The van der Waals surface area contributed by atoms with Crippen LogP contribution in [0.3, 0.4) is 0 Å². The standard InChI is InChI=1S/C19H30O3/c1-17-8-3-4-9-19(17,21)10-7-11-12-5-6-13(20)18(12,2)16-15(22-16)14(11)17/h11-16,20-21H,3-10H2,1-2H3/t11-,12-,13-,14+,15-,16?,17+,18-,19-/m0/s1. The predicted octanol–water partition coefficient (Wildman–Crippen LogP) is 2.88. The van der Waals surface area contributed by atoms with Gasteiger partial charge in [0, 0.05) is 10.8 Å². The summed E-state index contributed by atoms with van der Waals surface area (Å²) in [6.45, 7) is 4.63. The molecule has 2 N–H and O–H groups in total. The molecule has 124 valence electrons. The minimum Gasteiger partial charge on any atom is -0.392 e. The molecule has 5 rings (SSSR count). The summed E-state index contributed by atoms with van der Waals surface area (Å²) in [6, 6.07) is 0. The SMILES string of the molecule is C[C@]12C3O[C@H]3[C@H]3[C@@H](CC[C@@]4(O)CCCC[C@]34C)[C@@H]1CC[C@@H]2O. The molecule has 0 aromatic heterocycles. The van der Waals surface area contributed by atoms with Crippen molar-refractivity contribution in [2.45, 2.75) is 89.1 Å². The number of rotatable bonds is 0. The molecule has 0 aromatic carbocycles. The Kier molecular flexibility index (Phi) is 2.65. The Morgan fingerprint density at radius 1 is 1.00 bits per heavy atom. The smallest absolute Gasteiger partial charge is 0.0925 e. The first-order valence-corrected chi connectivity index (χ1v) is 9.48. The number of hydrogen-bond acceptors (Lipinski definition) is 3. The van der Waals surface area contributed by atoms with E-state index in [-0.39, 0.29) is 23.0 Å². The van der Waals surface area contributed by atoms with Crippen LogP contribution in [-0.4, -0.2) is 34.1 Å². The Morgan fingerprint density at radius 3 is 2.59 bits per heavy atom. The first kappa shape index (κ1) is 14.2. The average Bonchev–Trinajstić information content (AvgIpc) is 3.22. The third kappa shape index (κ3) is 1.41. The van der Waals surface area contributed by atoms with E-state index in [1.54, 1.807) is 0 Å². The zero-order chi connectivity index (χ0) is 15.3. The zero-order valence-corrected chi connectivity index (χ0v) is 13.9. The van der Waals surface area contributed by atoms with E-state index < -0.39 is 5.60 Å². The van der Waals surface area contributed by atoms with Crippen LogP contribution in [0.4, 0.5) is 0 Å². The normalized spacial score (nSPS) is 66.0. The Labute approximate surface area is 133 Å². The second-order valence-electron chi connectivity index (χ2n) is 9.47. The summed E-state index contributed by atoms with van der Waals surface area (Å²) >= 11 is 0. The second kappa shape index (κ2) is 4.10. The Morgan fingerprint density at radius 2 is 1.77 bits per heavy atom. The highest BCUT2D eigenvalue weighted by molar-refractivity contribution is 5.22. The Hall–Kier alpha value is -0.120. The lowest BCUT2D eigenvalue weighted by molar-refractivity contribution is -0.200. The molecule has 5 fully saturated rings. The van der Waals surface area contributed by atoms with E-state index in [2.05, 4.69) is 13.8 Å². The van der Waals surface area contributed by atoms with Crippen LogP contribution in [0.25, 0.3) is 0 Å². The topological polar surface area (TPSA) is 53.0 Å². The van der Waals surface area contributed by atoms with Crippen molar-refractivity contribution in [2.75, 3.05) is 0 Å². The maximum Gasteiger partial charge on any atom is 0.0925 e. The molecule has 4 saturated carbocycles. The van der Waals surface area contributed by atoms with Gasteiger partial charge in [-0.05, 0) is 56.3 Å². The minimum atomic E-state index is -0.464. The van der Waals surface area contributed by atoms with Crippen LogP contribution in [0.2, 0.25) is 0 Å². The molecule has 3 heteroatoms. The van der Waals surface area contributed by atoms with Crippen LogP contribution in [-0.2, 0) is 4.74 Å². The highest BCUT2D eigenvalue weighted by Crippen LogP contribution is 2.71. The number of hydrogen-bond donors (Lipinski definition) is 2. The Balaban J connectivity index is 1.57. The van der Waals surface area contributed by atoms with Gasteiger partial charge in [0.1, 0.15) is 0 Å². The molecule has 5 aliphatic rings. The van der Waals surface area contributed by atoms with Crippen molar-refractivity contribution in [3.63, 3.8) is 0 Å². The summed E-state index contributed by atoms with van der Waals surface area (Å²) in [5, 5.41) is 22.0. The van der Waals surface area contributed by atoms with E-state index in [9.17, 15) is 10.2 Å². The molecular formula is C19H30O3. The van der Waals surface area contributed by atoms with Crippen LogP contribution < -0.4 is 0 Å². The molecule has 3 nitrogen and oxygen atoms in total. The molecule has 0 aromatic rings. The van der Waals surface area contributed by atoms with E-state index in [1.807, 2.05) is 0 Å². The van der Waals surface area contributed by atoms with Gasteiger partial charge in [-0.3, -0.25) is 0 Å². The van der Waals surface area contributed by atoms with Crippen molar-refractivity contribution < 1.29 is 14.9 Å². The molecule has 22 heavy (non-hydrogen) atoms. The van der Waals surface area contributed by atoms with Gasteiger partial charge in [0.15, 0.2) is 0 Å². The summed E-state index contributed by atoms with van der Waals surface area (Å²) < 4.78 is 6.22. The monoisotopic (exact) mass is 306 g/mol. The fourth-order valence-corrected chi connectivity index (χ4v) is 7.61. The zero-order valence-electron chi connectivity index (χ0n) is 13.9. The molecule has 0 bridgehead atoms. The van der Waals surface area contributed by atoms with Crippen LogP contribution in [0.15, 0.2) is 0 Å². The second-order valence-corrected chi connectivity index (χ2v) is 9.47. The van der Waals surface area contributed by atoms with Crippen molar-refractivity contribution in [3.05, 3.63) is 0 Å². The molecule has 1 heterocycles. The molecule has 1 saturated heterocycles. The molecule has 1 unspecified atom stereocenters. The first-order valence-electron chi connectivity index (χ1n) is 9.48. The van der Waals surface area contributed by atoms with Gasteiger partial charge in [-0.15, -0.1) is 0 Å². The van der Waals surface area contributed by atoms with Gasteiger partial charge in [0.2, 0.25) is 0 Å². The average molecular weight is 306 g/mol. The van der Waals surface area contributed by atoms with E-state index in [0.29, 0.717) is 23.9 Å². The van der Waals surface area contributed by atoms with Crippen LogP contribution in [0, 0.1) is 28.6 Å². The third-order valence-electron chi connectivity index (χ3n) is 8.97. The minimum absolute atomic E-state index is 0.0215. The van der Waals surface area contributed by atoms with Gasteiger partial charge < -0.3 is 14.9 Å². The van der Waals surface area contributed by atoms with Gasteiger partial charge in [-0.2, -0.15) is 0 Å². The van der Waals surface area contributed by atoms with Crippen molar-refractivity contribution in [1.82, 2.24) is 0 Å². The lowest BCUT2D eigenvalue weighted by Crippen LogP contribution is -2.63. The van der Waals surface area contributed by atoms with Crippen LogP contribution in [0.1, 0.15) is 65.2 Å². The Bertz CT molecular complexity index is 507. The van der Waals surface area contributed by atoms with Gasteiger partial charge in [0.05, 0.1) is 23.9 Å². The molecule has 0 amide bonds. The predicted molar refractivity (Wildman–Crippen MR) is 83.2 cm³/mol. The van der Waals surface area contributed by atoms with Crippen LogP contribution >= 0.6 is 0 Å². The highest BCUT2D eigenvalue weighted by atomic mass is 16.6. The molecule has 0 radical (unpaired) electrons. The van der Waals surface area contributed by atoms with Gasteiger partial charge in [-0.25, -0.2) is 0 Å². The van der Waals surface area contributed by atoms with Crippen molar-refractivity contribution >= 4 is 0 Å². The summed E-state index contributed by atoms with van der Waals surface area (Å²) in [7, 11) is 0. The largest absolute Gasteiger partial charge is 0.392 e. The molecule has 1 aliphatic heterocycles. The maximum atomic E-state index is 11.4. The van der Waals surface area contributed by atoms with E-state index >= 15 is 0 Å². The molecular weight excluding hydrogens is 276 g/mol. The van der Waals surface area contributed by atoms with E-state index in [1.165, 1.54) is 12.8 Å². The van der Waals surface area contributed by atoms with E-state index in [4.69, 9.17) is 4.74 Å². The van der Waals surface area contributed by atoms with Gasteiger partial charge in [-0.1, -0.05) is 26.7 Å². The van der Waals surface area contributed by atoms with E-state index in [0.717, 1.165) is 38.5 Å². The summed E-state index contributed by atoms with van der Waals surface area (Å²) in [4.78, 5) is 0. The van der Waals surface area contributed by atoms with Gasteiger partial charge in [0.25, 0.3) is 0 Å².